The summed E-state index contributed by atoms with van der Waals surface area (Å²) < 4.78 is 7.31. The normalized spacial score (nSPS) is 14.4. The van der Waals surface area contributed by atoms with Gasteiger partial charge >= 0.3 is 0 Å². The number of aromatic nitrogens is 5. The van der Waals surface area contributed by atoms with E-state index < -0.39 is 0 Å². The van der Waals surface area contributed by atoms with E-state index in [9.17, 15) is 4.79 Å². The summed E-state index contributed by atoms with van der Waals surface area (Å²) in [7, 11) is 0. The van der Waals surface area contributed by atoms with Gasteiger partial charge in [0, 0.05) is 37.2 Å². The van der Waals surface area contributed by atoms with Crippen LogP contribution >= 0.6 is 0 Å². The van der Waals surface area contributed by atoms with Crippen molar-refractivity contribution in [3.05, 3.63) is 60.9 Å². The zero-order valence-electron chi connectivity index (χ0n) is 14.4. The van der Waals surface area contributed by atoms with Crippen molar-refractivity contribution in [1.82, 2.24) is 29.6 Å². The summed E-state index contributed by atoms with van der Waals surface area (Å²) in [6, 6.07) is 11.8. The third-order valence-electron chi connectivity index (χ3n) is 4.78. The number of fused-ring (bicyclic) bond motifs is 1. The van der Waals surface area contributed by atoms with Crippen LogP contribution in [-0.2, 0) is 11.3 Å². The Morgan fingerprint density at radius 3 is 2.74 bits per heavy atom. The van der Waals surface area contributed by atoms with Crippen LogP contribution in [0.5, 0.6) is 0 Å². The van der Waals surface area contributed by atoms with E-state index >= 15 is 0 Å². The van der Waals surface area contributed by atoms with Crippen LogP contribution in [0.3, 0.4) is 0 Å². The molecule has 4 aromatic rings. The molecule has 0 N–H and O–H groups in total. The van der Waals surface area contributed by atoms with Gasteiger partial charge in [0.1, 0.15) is 6.54 Å². The topological polar surface area (TPSA) is 89.9 Å². The Balaban J connectivity index is 1.23. The van der Waals surface area contributed by atoms with Crippen LogP contribution in [0.25, 0.3) is 22.6 Å². The van der Waals surface area contributed by atoms with Gasteiger partial charge in [0.15, 0.2) is 0 Å². The maximum Gasteiger partial charge on any atom is 0.242 e. The van der Waals surface area contributed by atoms with Crippen LogP contribution in [0.15, 0.2) is 59.5 Å². The van der Waals surface area contributed by atoms with Gasteiger partial charge in [0.25, 0.3) is 0 Å². The number of hydrogen-bond acceptors (Lipinski definition) is 6. The van der Waals surface area contributed by atoms with Gasteiger partial charge < -0.3 is 14.0 Å². The van der Waals surface area contributed by atoms with Crippen molar-refractivity contribution >= 4 is 16.8 Å². The number of para-hydroxylation sites is 1. The molecular formula is C19H16N6O2. The van der Waals surface area contributed by atoms with Crippen molar-refractivity contribution in [2.45, 2.75) is 12.5 Å². The van der Waals surface area contributed by atoms with E-state index in [2.05, 4.69) is 20.1 Å². The van der Waals surface area contributed by atoms with E-state index in [0.29, 0.717) is 37.2 Å². The first-order valence-corrected chi connectivity index (χ1v) is 8.70. The van der Waals surface area contributed by atoms with Crippen molar-refractivity contribution < 1.29 is 9.32 Å². The summed E-state index contributed by atoms with van der Waals surface area (Å²) in [5.74, 6) is 1.46. The lowest BCUT2D eigenvalue weighted by Crippen LogP contribution is -2.49. The quantitative estimate of drug-likeness (QED) is 0.554. The monoisotopic (exact) mass is 360 g/mol. The highest BCUT2D eigenvalue weighted by Crippen LogP contribution is 2.27. The molecular weight excluding hydrogens is 344 g/mol. The SMILES string of the molecule is O=C(Cn1ccc2ccccc21)N1CC(c2nc(-c3ncccn3)no2)C1. The number of likely N-dealkylation sites (tertiary alicyclic amines) is 1. The standard InChI is InChI=1S/C19H16N6O2/c26-16(12-24-9-6-13-4-1-2-5-15(13)24)25-10-14(11-25)19-22-18(23-27-19)17-20-7-3-8-21-17/h1-9,14H,10-12H2. The number of carbonyl (C=O) groups is 1. The van der Waals surface area contributed by atoms with Crippen molar-refractivity contribution in [2.24, 2.45) is 0 Å². The van der Waals surface area contributed by atoms with Gasteiger partial charge in [-0.05, 0) is 23.6 Å². The molecule has 0 saturated carbocycles. The summed E-state index contributed by atoms with van der Waals surface area (Å²) in [6.07, 6.45) is 5.21. The highest BCUT2D eigenvalue weighted by molar-refractivity contribution is 5.83. The number of carbonyl (C=O) groups excluding carboxylic acids is 1. The Labute approximate surface area is 154 Å². The van der Waals surface area contributed by atoms with Crippen LogP contribution in [0.1, 0.15) is 11.8 Å². The first-order chi connectivity index (χ1) is 13.3. The van der Waals surface area contributed by atoms with Crippen LogP contribution < -0.4 is 0 Å². The second kappa shape index (κ2) is 6.31. The minimum atomic E-state index is 0.0559. The molecule has 0 bridgehead atoms. The largest absolute Gasteiger partial charge is 0.339 e. The van der Waals surface area contributed by atoms with Crippen molar-refractivity contribution in [1.29, 1.82) is 0 Å². The molecule has 5 rings (SSSR count). The van der Waals surface area contributed by atoms with Gasteiger partial charge in [-0.2, -0.15) is 4.98 Å². The van der Waals surface area contributed by atoms with Crippen LogP contribution in [0.4, 0.5) is 0 Å². The van der Waals surface area contributed by atoms with Crippen LogP contribution in [-0.4, -0.2) is 48.6 Å². The Morgan fingerprint density at radius 1 is 1.07 bits per heavy atom. The molecule has 1 amide bonds. The highest BCUT2D eigenvalue weighted by Gasteiger charge is 2.35. The number of nitrogens with zero attached hydrogens (tertiary/aromatic N) is 6. The Morgan fingerprint density at radius 2 is 1.89 bits per heavy atom. The number of amides is 1. The summed E-state index contributed by atoms with van der Waals surface area (Å²) in [5.41, 5.74) is 1.06. The minimum Gasteiger partial charge on any atom is -0.339 e. The van der Waals surface area contributed by atoms with Crippen molar-refractivity contribution in [3.8, 4) is 11.6 Å². The molecule has 0 spiro atoms. The number of hydrogen-bond donors (Lipinski definition) is 0. The van der Waals surface area contributed by atoms with Gasteiger partial charge in [-0.3, -0.25) is 4.79 Å². The van der Waals surface area contributed by atoms with Gasteiger partial charge in [-0.15, -0.1) is 0 Å². The Hall–Kier alpha value is -3.55. The Bertz CT molecular complexity index is 1100. The predicted molar refractivity (Wildman–Crippen MR) is 96.6 cm³/mol. The lowest BCUT2D eigenvalue weighted by atomic mass is 10.00. The smallest absolute Gasteiger partial charge is 0.242 e. The fourth-order valence-electron chi connectivity index (χ4n) is 3.27. The van der Waals surface area contributed by atoms with Crippen molar-refractivity contribution in [2.75, 3.05) is 13.1 Å². The highest BCUT2D eigenvalue weighted by atomic mass is 16.5. The first-order valence-electron chi connectivity index (χ1n) is 8.70. The second-order valence-corrected chi connectivity index (χ2v) is 6.53. The molecule has 1 saturated heterocycles. The zero-order valence-corrected chi connectivity index (χ0v) is 14.4. The second-order valence-electron chi connectivity index (χ2n) is 6.53. The molecule has 1 aromatic carbocycles. The molecule has 0 unspecified atom stereocenters. The molecule has 8 nitrogen and oxygen atoms in total. The molecule has 4 heterocycles. The summed E-state index contributed by atoms with van der Waals surface area (Å²) in [5, 5.41) is 5.07. The maximum absolute atomic E-state index is 12.6. The van der Waals surface area contributed by atoms with E-state index in [0.717, 1.165) is 10.9 Å². The third-order valence-corrected chi connectivity index (χ3v) is 4.78. The molecule has 0 radical (unpaired) electrons. The molecule has 1 aliphatic heterocycles. The Kier molecular flexibility index (Phi) is 3.67. The zero-order chi connectivity index (χ0) is 18.2. The molecule has 0 aliphatic carbocycles. The summed E-state index contributed by atoms with van der Waals surface area (Å²) in [6.45, 7) is 1.48. The molecule has 134 valence electrons. The third kappa shape index (κ3) is 2.84. The average Bonchev–Trinajstić information content (AvgIpc) is 3.29. The first kappa shape index (κ1) is 15.7. The lowest BCUT2D eigenvalue weighted by molar-refractivity contribution is -0.136. The molecule has 27 heavy (non-hydrogen) atoms. The predicted octanol–water partition coefficient (Wildman–Crippen LogP) is 2.11. The van der Waals surface area contributed by atoms with E-state index in [-0.39, 0.29) is 11.8 Å². The van der Waals surface area contributed by atoms with Gasteiger partial charge in [-0.25, -0.2) is 9.97 Å². The molecule has 1 fully saturated rings. The molecule has 1 aliphatic rings. The van der Waals surface area contributed by atoms with Crippen LogP contribution in [0.2, 0.25) is 0 Å². The summed E-state index contributed by atoms with van der Waals surface area (Å²) >= 11 is 0. The number of benzene rings is 1. The van der Waals surface area contributed by atoms with E-state index in [1.54, 1.807) is 18.5 Å². The van der Waals surface area contributed by atoms with Gasteiger partial charge in [0.05, 0.1) is 5.92 Å². The lowest BCUT2D eigenvalue weighted by Gasteiger charge is -2.37. The van der Waals surface area contributed by atoms with E-state index in [1.165, 1.54) is 0 Å². The number of rotatable bonds is 4. The van der Waals surface area contributed by atoms with E-state index in [1.807, 2.05) is 46.0 Å². The maximum atomic E-state index is 12.6. The summed E-state index contributed by atoms with van der Waals surface area (Å²) in [4.78, 5) is 27.0. The average molecular weight is 360 g/mol. The van der Waals surface area contributed by atoms with Crippen molar-refractivity contribution in [3.63, 3.8) is 0 Å². The van der Waals surface area contributed by atoms with E-state index in [4.69, 9.17) is 4.52 Å². The molecule has 0 atom stereocenters. The molecule has 3 aromatic heterocycles. The van der Waals surface area contributed by atoms with Gasteiger partial charge in [-0.1, -0.05) is 23.4 Å². The van der Waals surface area contributed by atoms with Crippen LogP contribution in [0, 0.1) is 0 Å². The van der Waals surface area contributed by atoms with Gasteiger partial charge in [0.2, 0.25) is 23.4 Å². The fourth-order valence-corrected chi connectivity index (χ4v) is 3.27. The minimum absolute atomic E-state index is 0.0559. The molecule has 8 heteroatoms. The fraction of sp³-hybridized carbons (Fsp3) is 0.211.